The molecule has 0 amide bonds. The molecule has 3 aromatic carbocycles. The topological polar surface area (TPSA) is 48.0 Å². The van der Waals surface area contributed by atoms with Gasteiger partial charge in [0.2, 0.25) is 5.95 Å². The molecule has 0 saturated heterocycles. The molecular weight excluding hydrogens is 430 g/mol. The number of nitrogens with zero attached hydrogens (tertiary/aromatic N) is 5. The molecule has 0 aliphatic heterocycles. The van der Waals surface area contributed by atoms with Crippen LogP contribution in [0.2, 0.25) is 0 Å². The average molecular weight is 454 g/mol. The number of allylic oxidation sites excluding steroid dienone is 1. The minimum atomic E-state index is 0.680. The highest BCUT2D eigenvalue weighted by Crippen LogP contribution is 2.33. The molecule has 168 valence electrons. The molecule has 0 aliphatic rings. The highest BCUT2D eigenvalue weighted by atomic mass is 15.2. The van der Waals surface area contributed by atoms with E-state index < -0.39 is 0 Å². The Labute approximate surface area is 202 Å². The number of rotatable bonds is 3. The second-order valence-electron chi connectivity index (χ2n) is 9.09. The average Bonchev–Trinajstić information content (AvgIpc) is 3.36. The number of hydrogen-bond acceptors (Lipinski definition) is 3. The Morgan fingerprint density at radius 1 is 0.829 bits per heavy atom. The van der Waals surface area contributed by atoms with E-state index >= 15 is 0 Å². The number of fused-ring (bicyclic) bond motifs is 7. The predicted octanol–water partition coefficient (Wildman–Crippen LogP) is 6.87. The molecule has 0 atom stereocenters. The van der Waals surface area contributed by atoms with E-state index in [1.165, 1.54) is 16.3 Å². The molecule has 0 fully saturated rings. The van der Waals surface area contributed by atoms with E-state index in [4.69, 9.17) is 15.0 Å². The Morgan fingerprint density at radius 2 is 1.69 bits per heavy atom. The van der Waals surface area contributed by atoms with Gasteiger partial charge in [0, 0.05) is 34.5 Å². The summed E-state index contributed by atoms with van der Waals surface area (Å²) in [6.07, 6.45) is 4.65. The molecule has 0 radical (unpaired) electrons. The zero-order valence-corrected chi connectivity index (χ0v) is 19.7. The summed E-state index contributed by atoms with van der Waals surface area (Å²) in [6.45, 7) is 8.28. The number of aryl methyl sites for hydroxylation is 1. The fourth-order valence-corrected chi connectivity index (χ4v) is 5.29. The lowest BCUT2D eigenvalue weighted by molar-refractivity contribution is 0.916. The zero-order chi connectivity index (χ0) is 23.7. The van der Waals surface area contributed by atoms with Crippen LogP contribution in [-0.2, 0) is 6.42 Å². The van der Waals surface area contributed by atoms with Gasteiger partial charge in [0.05, 0.1) is 27.8 Å². The molecule has 0 saturated carbocycles. The first-order valence-corrected chi connectivity index (χ1v) is 11.8. The predicted molar refractivity (Wildman–Crippen MR) is 144 cm³/mol. The molecule has 35 heavy (non-hydrogen) atoms. The van der Waals surface area contributed by atoms with Crippen molar-refractivity contribution < 1.29 is 0 Å². The Balaban J connectivity index is 1.61. The van der Waals surface area contributed by atoms with Crippen LogP contribution in [0.5, 0.6) is 0 Å². The van der Waals surface area contributed by atoms with E-state index in [1.807, 2.05) is 24.3 Å². The Morgan fingerprint density at radius 3 is 2.57 bits per heavy atom. The minimum Gasteiger partial charge on any atom is -0.300 e. The molecule has 0 aliphatic carbocycles. The van der Waals surface area contributed by atoms with Crippen molar-refractivity contribution in [1.82, 2.24) is 23.9 Å². The first-order valence-electron chi connectivity index (χ1n) is 11.8. The lowest BCUT2D eigenvalue weighted by atomic mass is 10.0. The highest BCUT2D eigenvalue weighted by molar-refractivity contribution is 6.06. The van der Waals surface area contributed by atoms with Crippen LogP contribution in [0, 0.1) is 13.8 Å². The second kappa shape index (κ2) is 7.24. The summed E-state index contributed by atoms with van der Waals surface area (Å²) < 4.78 is 4.33. The van der Waals surface area contributed by atoms with Crippen molar-refractivity contribution in [3.63, 3.8) is 0 Å². The molecule has 7 rings (SSSR count). The van der Waals surface area contributed by atoms with Crippen LogP contribution in [0.3, 0.4) is 0 Å². The van der Waals surface area contributed by atoms with Crippen molar-refractivity contribution in [2.24, 2.45) is 0 Å². The van der Waals surface area contributed by atoms with E-state index in [1.54, 1.807) is 0 Å². The third-order valence-electron chi connectivity index (χ3n) is 7.14. The van der Waals surface area contributed by atoms with Gasteiger partial charge in [-0.1, -0.05) is 48.5 Å². The Bertz CT molecular complexity index is 1970. The van der Waals surface area contributed by atoms with Crippen LogP contribution < -0.4 is 0 Å². The fraction of sp³-hybridized carbons (Fsp3) is 0.100. The largest absolute Gasteiger partial charge is 0.300 e. The Hall–Kier alpha value is -4.51. The number of aromatic nitrogens is 5. The number of hydrogen-bond donors (Lipinski definition) is 0. The molecular formula is C30H23N5. The van der Waals surface area contributed by atoms with Gasteiger partial charge in [0.15, 0.2) is 0 Å². The molecule has 7 aromatic rings. The van der Waals surface area contributed by atoms with E-state index in [9.17, 15) is 0 Å². The summed E-state index contributed by atoms with van der Waals surface area (Å²) in [4.78, 5) is 15.1. The summed E-state index contributed by atoms with van der Waals surface area (Å²) in [5.41, 5.74) is 8.39. The van der Waals surface area contributed by atoms with Gasteiger partial charge < -0.3 is 0 Å². The van der Waals surface area contributed by atoms with Gasteiger partial charge in [-0.05, 0) is 49.1 Å². The quantitative estimate of drug-likeness (QED) is 0.217. The summed E-state index contributed by atoms with van der Waals surface area (Å²) in [6, 6.07) is 23.2. The van der Waals surface area contributed by atoms with Crippen LogP contribution >= 0.6 is 0 Å². The van der Waals surface area contributed by atoms with Gasteiger partial charge in [-0.2, -0.15) is 0 Å². The maximum atomic E-state index is 5.17. The van der Waals surface area contributed by atoms with Crippen LogP contribution in [0.15, 0.2) is 85.6 Å². The molecule has 0 N–H and O–H groups in total. The van der Waals surface area contributed by atoms with Gasteiger partial charge >= 0.3 is 0 Å². The zero-order valence-electron chi connectivity index (χ0n) is 19.7. The van der Waals surface area contributed by atoms with Crippen molar-refractivity contribution in [3.05, 3.63) is 103 Å². The van der Waals surface area contributed by atoms with Gasteiger partial charge in [0.1, 0.15) is 5.65 Å². The van der Waals surface area contributed by atoms with E-state index in [0.717, 1.165) is 49.9 Å². The molecule has 4 heterocycles. The summed E-state index contributed by atoms with van der Waals surface area (Å²) >= 11 is 0. The number of imidazole rings is 1. The standard InChI is InChI=1S/C30H23N5/c1-4-9-24-22-14-13-20-10-5-6-11-21(20)29(22)33-30(32-24)35-19(3)18(2)23-16-25-27(17-26(23)35)34-15-8-7-12-28(34)31-25/h4-8,10-17H,1,9H2,2-3H3. The molecule has 0 unspecified atom stereocenters. The monoisotopic (exact) mass is 453 g/mol. The maximum Gasteiger partial charge on any atom is 0.235 e. The SMILES string of the molecule is C=CCc1nc(-n2c(C)c(C)c3cc4nc5ccccn5c4cc32)nc2c1ccc1ccccc12. The first kappa shape index (κ1) is 19.9. The van der Waals surface area contributed by atoms with Gasteiger partial charge in [-0.25, -0.2) is 15.0 Å². The summed E-state index contributed by atoms with van der Waals surface area (Å²) in [5, 5.41) is 4.55. The van der Waals surface area contributed by atoms with Crippen LogP contribution in [0.25, 0.3) is 55.2 Å². The molecule has 0 bridgehead atoms. The smallest absolute Gasteiger partial charge is 0.235 e. The number of benzene rings is 3. The lowest BCUT2D eigenvalue weighted by Gasteiger charge is -2.13. The highest BCUT2D eigenvalue weighted by Gasteiger charge is 2.19. The molecule has 5 heteroatoms. The molecule has 4 aromatic heterocycles. The Kier molecular flexibility index (Phi) is 4.12. The summed E-state index contributed by atoms with van der Waals surface area (Å²) in [5.74, 6) is 0.689. The van der Waals surface area contributed by atoms with E-state index in [0.29, 0.717) is 12.4 Å². The van der Waals surface area contributed by atoms with Crippen LogP contribution in [-0.4, -0.2) is 23.9 Å². The van der Waals surface area contributed by atoms with E-state index in [2.05, 4.69) is 84.1 Å². The van der Waals surface area contributed by atoms with Crippen molar-refractivity contribution in [1.29, 1.82) is 0 Å². The van der Waals surface area contributed by atoms with Gasteiger partial charge in [-0.3, -0.25) is 8.97 Å². The van der Waals surface area contributed by atoms with Crippen LogP contribution in [0.1, 0.15) is 17.0 Å². The maximum absolute atomic E-state index is 5.17. The summed E-state index contributed by atoms with van der Waals surface area (Å²) in [7, 11) is 0. The normalized spacial score (nSPS) is 11.9. The molecule has 5 nitrogen and oxygen atoms in total. The number of pyridine rings is 1. The van der Waals surface area contributed by atoms with E-state index in [-0.39, 0.29) is 0 Å². The van der Waals surface area contributed by atoms with Crippen molar-refractivity contribution in [2.75, 3.05) is 0 Å². The second-order valence-corrected chi connectivity index (χ2v) is 9.09. The third kappa shape index (κ3) is 2.78. The van der Waals surface area contributed by atoms with Crippen molar-refractivity contribution in [2.45, 2.75) is 20.3 Å². The fourth-order valence-electron chi connectivity index (χ4n) is 5.29. The van der Waals surface area contributed by atoms with Gasteiger partial charge in [0.25, 0.3) is 0 Å². The van der Waals surface area contributed by atoms with Crippen molar-refractivity contribution in [3.8, 4) is 5.95 Å². The molecule has 0 spiro atoms. The lowest BCUT2D eigenvalue weighted by Crippen LogP contribution is -2.06. The van der Waals surface area contributed by atoms with Gasteiger partial charge in [-0.15, -0.1) is 6.58 Å². The van der Waals surface area contributed by atoms with Crippen LogP contribution in [0.4, 0.5) is 0 Å². The first-order chi connectivity index (χ1) is 17.1. The minimum absolute atomic E-state index is 0.680. The van der Waals surface area contributed by atoms with Crippen molar-refractivity contribution >= 4 is 49.3 Å². The third-order valence-corrected chi connectivity index (χ3v) is 7.14.